The third-order valence-electron chi connectivity index (χ3n) is 2.20. The Balaban J connectivity index is 3.23. The number of nitro groups is 1. The summed E-state index contributed by atoms with van der Waals surface area (Å²) in [6.45, 7) is 1.52. The summed E-state index contributed by atoms with van der Waals surface area (Å²) in [6.07, 6.45) is 0. The number of hydrogen-bond acceptors (Lipinski definition) is 5. The van der Waals surface area contributed by atoms with Gasteiger partial charge in [0.1, 0.15) is 5.78 Å². The molecule has 1 rings (SSSR count). The number of nitrogens with zero attached hydrogens (tertiary/aromatic N) is 1. The van der Waals surface area contributed by atoms with Crippen molar-refractivity contribution in [3.05, 3.63) is 39.4 Å². The smallest absolute Gasteiger partial charge is 0.272 e. The molecule has 0 fully saturated rings. The van der Waals surface area contributed by atoms with Crippen molar-refractivity contribution >= 4 is 13.3 Å². The Hall–Kier alpha value is -1.27. The van der Waals surface area contributed by atoms with Crippen molar-refractivity contribution in [3.8, 4) is 0 Å². The fraction of sp³-hybridized carbons (Fsp3) is 0.250. The zero-order valence-electron chi connectivity index (χ0n) is 8.45. The van der Waals surface area contributed by atoms with Gasteiger partial charge in [-0.05, 0) is 14.5 Å². The normalized spacial score (nSPS) is 13.5. The molecule has 0 aliphatic carbocycles. The van der Waals surface area contributed by atoms with Gasteiger partial charge in [-0.25, -0.2) is 0 Å². The van der Waals surface area contributed by atoms with Gasteiger partial charge in [-0.3, -0.25) is 10.1 Å². The number of benzene rings is 1. The maximum absolute atomic E-state index is 10.7. The van der Waals surface area contributed by atoms with E-state index in [1.54, 1.807) is 0 Å². The second-order valence-electron chi connectivity index (χ2n) is 3.36. The van der Waals surface area contributed by atoms with E-state index in [2.05, 4.69) is 5.73 Å². The molecule has 16 heavy (non-hydrogen) atoms. The average Bonchev–Trinajstić information content (AvgIpc) is 2.15. The van der Waals surface area contributed by atoms with E-state index < -0.39 is 18.3 Å². The number of rotatable bonds is 3. The van der Waals surface area contributed by atoms with Crippen LogP contribution in [0, 0.1) is 17.0 Å². The van der Waals surface area contributed by atoms with Crippen LogP contribution in [0.4, 0.5) is 5.69 Å². The first kappa shape index (κ1) is 12.8. The van der Waals surface area contributed by atoms with Gasteiger partial charge in [0.15, 0.2) is 0 Å². The molecule has 8 heteroatoms. The quantitative estimate of drug-likeness (QED) is 0.416. The molecular formula is C8H10N2O5P-. The average molecular weight is 245 g/mol. The Kier molecular flexibility index (Phi) is 3.44. The number of hydrogen-bond donors (Lipinski definition) is 1. The Morgan fingerprint density at radius 1 is 1.44 bits per heavy atom. The van der Waals surface area contributed by atoms with E-state index in [9.17, 15) is 24.5 Å². The lowest BCUT2D eigenvalue weighted by molar-refractivity contribution is -0.435. The molecule has 0 unspecified atom stereocenters. The fourth-order valence-electron chi connectivity index (χ4n) is 1.21. The minimum Gasteiger partial charge on any atom is -0.806 e. The van der Waals surface area contributed by atoms with Gasteiger partial charge in [0.25, 0.3) is 5.69 Å². The molecule has 0 spiro atoms. The van der Waals surface area contributed by atoms with Gasteiger partial charge < -0.3 is 20.1 Å². The van der Waals surface area contributed by atoms with Gasteiger partial charge in [0, 0.05) is 17.2 Å². The molecule has 3 N–H and O–H groups in total. The first-order valence-electron chi connectivity index (χ1n) is 4.33. The highest BCUT2D eigenvalue weighted by atomic mass is 31.2. The van der Waals surface area contributed by atoms with Crippen LogP contribution in [0.25, 0.3) is 0 Å². The second kappa shape index (κ2) is 4.31. The SMILES string of the molecule is Cc1ccc([C@@H]([NH3+])P(=O)([O-])[O-])cc1[N+](=O)[O-]. The molecule has 7 nitrogen and oxygen atoms in total. The minimum absolute atomic E-state index is 0.0330. The predicted octanol–water partition coefficient (Wildman–Crippen LogP) is -0.943. The van der Waals surface area contributed by atoms with Crippen LogP contribution in [0.3, 0.4) is 0 Å². The Labute approximate surface area is 91.2 Å². The maximum Gasteiger partial charge on any atom is 0.272 e. The zero-order chi connectivity index (χ0) is 12.5. The molecule has 1 atom stereocenters. The van der Waals surface area contributed by atoms with Gasteiger partial charge in [-0.2, -0.15) is 0 Å². The third-order valence-corrected chi connectivity index (χ3v) is 3.26. The maximum atomic E-state index is 10.7. The highest BCUT2D eigenvalue weighted by Crippen LogP contribution is 2.39. The number of nitro benzene ring substituents is 1. The molecule has 88 valence electrons. The van der Waals surface area contributed by atoms with Gasteiger partial charge in [-0.15, -0.1) is 0 Å². The molecule has 0 heterocycles. The summed E-state index contributed by atoms with van der Waals surface area (Å²) in [5, 5.41) is 10.6. The summed E-state index contributed by atoms with van der Waals surface area (Å²) >= 11 is 0. The first-order chi connectivity index (χ1) is 7.23. The lowest BCUT2D eigenvalue weighted by Crippen LogP contribution is -2.56. The topological polar surface area (TPSA) is 134 Å². The van der Waals surface area contributed by atoms with Crippen LogP contribution < -0.4 is 15.5 Å². The Morgan fingerprint density at radius 3 is 2.44 bits per heavy atom. The van der Waals surface area contributed by atoms with E-state index in [1.807, 2.05) is 0 Å². The van der Waals surface area contributed by atoms with Gasteiger partial charge >= 0.3 is 0 Å². The lowest BCUT2D eigenvalue weighted by Gasteiger charge is -2.32. The number of aryl methyl sites for hydroxylation is 1. The molecule has 0 aliphatic heterocycles. The van der Waals surface area contributed by atoms with E-state index in [0.29, 0.717) is 5.56 Å². The zero-order valence-corrected chi connectivity index (χ0v) is 9.35. The highest BCUT2D eigenvalue weighted by molar-refractivity contribution is 7.48. The largest absolute Gasteiger partial charge is 0.806 e. The van der Waals surface area contributed by atoms with E-state index in [4.69, 9.17) is 0 Å². The fourth-order valence-corrected chi connectivity index (χ4v) is 1.74. The molecule has 0 saturated carbocycles. The molecule has 1 aromatic rings. The van der Waals surface area contributed by atoms with Crippen LogP contribution >= 0.6 is 7.60 Å². The molecular weight excluding hydrogens is 235 g/mol. The van der Waals surface area contributed by atoms with Gasteiger partial charge in [-0.1, -0.05) is 12.1 Å². The molecule has 0 amide bonds. The van der Waals surface area contributed by atoms with Gasteiger partial charge in [0.05, 0.1) is 4.92 Å². The summed E-state index contributed by atoms with van der Waals surface area (Å²) in [5.41, 5.74) is 3.41. The summed E-state index contributed by atoms with van der Waals surface area (Å²) in [6, 6.07) is 3.80. The standard InChI is InChI=1S/C8H11N2O5P/c1-5-2-3-6(4-7(5)10(11)12)8(9)16(13,14)15/h2-4,8H,9H2,1H3,(H2,13,14,15)/p-1/t8-/m0/s1. The van der Waals surface area contributed by atoms with Crippen LogP contribution in [0.15, 0.2) is 18.2 Å². The molecule has 1 aromatic carbocycles. The van der Waals surface area contributed by atoms with E-state index >= 15 is 0 Å². The van der Waals surface area contributed by atoms with Crippen LogP contribution in [-0.2, 0) is 4.57 Å². The summed E-state index contributed by atoms with van der Waals surface area (Å²) in [5.74, 6) is -1.51. The molecule has 0 radical (unpaired) electrons. The van der Waals surface area contributed by atoms with Crippen molar-refractivity contribution in [2.75, 3.05) is 0 Å². The monoisotopic (exact) mass is 245 g/mol. The van der Waals surface area contributed by atoms with Crippen LogP contribution in [0.5, 0.6) is 0 Å². The van der Waals surface area contributed by atoms with Crippen molar-refractivity contribution in [2.45, 2.75) is 12.7 Å². The second-order valence-corrected chi connectivity index (χ2v) is 5.06. The van der Waals surface area contributed by atoms with Crippen molar-refractivity contribution in [1.29, 1.82) is 0 Å². The predicted molar refractivity (Wildman–Crippen MR) is 51.1 cm³/mol. The molecule has 0 aliphatic rings. The molecule has 0 bridgehead atoms. The van der Waals surface area contributed by atoms with E-state index in [0.717, 1.165) is 6.07 Å². The van der Waals surface area contributed by atoms with E-state index in [-0.39, 0.29) is 11.3 Å². The van der Waals surface area contributed by atoms with Crippen molar-refractivity contribution in [1.82, 2.24) is 0 Å². The van der Waals surface area contributed by atoms with Gasteiger partial charge in [0.2, 0.25) is 0 Å². The van der Waals surface area contributed by atoms with Crippen LogP contribution in [0.1, 0.15) is 16.9 Å². The summed E-state index contributed by atoms with van der Waals surface area (Å²) in [4.78, 5) is 31.4. The molecule has 0 saturated heterocycles. The number of quaternary nitrogens is 1. The molecule has 0 aromatic heterocycles. The van der Waals surface area contributed by atoms with Crippen molar-refractivity contribution in [2.24, 2.45) is 0 Å². The van der Waals surface area contributed by atoms with E-state index in [1.165, 1.54) is 19.1 Å². The van der Waals surface area contributed by atoms with Crippen LogP contribution in [0.2, 0.25) is 0 Å². The van der Waals surface area contributed by atoms with Crippen molar-refractivity contribution < 1.29 is 25.0 Å². The van der Waals surface area contributed by atoms with Crippen LogP contribution in [-0.4, -0.2) is 4.92 Å². The van der Waals surface area contributed by atoms with Crippen molar-refractivity contribution in [3.63, 3.8) is 0 Å². The third kappa shape index (κ3) is 2.65. The summed E-state index contributed by atoms with van der Waals surface area (Å²) in [7, 11) is -4.88. The lowest BCUT2D eigenvalue weighted by atomic mass is 10.1. The minimum atomic E-state index is -4.88. The highest BCUT2D eigenvalue weighted by Gasteiger charge is 2.18. The Morgan fingerprint density at radius 2 is 2.00 bits per heavy atom. The summed E-state index contributed by atoms with van der Waals surface area (Å²) < 4.78 is 10.7. The first-order valence-corrected chi connectivity index (χ1v) is 5.94. The Bertz CT molecular complexity index is 469.